The zero-order chi connectivity index (χ0) is 24.3. The number of benzene rings is 2. The summed E-state index contributed by atoms with van der Waals surface area (Å²) in [6.45, 7) is 2.31. The molecule has 1 aromatic heterocycles. The lowest BCUT2D eigenvalue weighted by molar-refractivity contribution is 0.250. The van der Waals surface area contributed by atoms with Crippen molar-refractivity contribution in [2.75, 3.05) is 11.9 Å². The van der Waals surface area contributed by atoms with Crippen molar-refractivity contribution in [1.29, 1.82) is 0 Å². The van der Waals surface area contributed by atoms with Crippen molar-refractivity contribution in [2.45, 2.75) is 29.7 Å². The van der Waals surface area contributed by atoms with Gasteiger partial charge in [-0.15, -0.1) is 4.83 Å². The van der Waals surface area contributed by atoms with Gasteiger partial charge in [0, 0.05) is 25.2 Å². The maximum Gasteiger partial charge on any atom is 0.335 e. The number of pyridine rings is 1. The number of hydrogen-bond donors (Lipinski definition) is 3. The molecule has 0 atom stereocenters. The highest BCUT2D eigenvalue weighted by Gasteiger charge is 2.29. The highest BCUT2D eigenvalue weighted by Crippen LogP contribution is 2.25. The van der Waals surface area contributed by atoms with Crippen molar-refractivity contribution in [3.05, 3.63) is 83.6 Å². The van der Waals surface area contributed by atoms with Crippen LogP contribution in [0.3, 0.4) is 0 Å². The van der Waals surface area contributed by atoms with Crippen molar-refractivity contribution in [3.63, 3.8) is 0 Å². The number of aromatic nitrogens is 1. The monoisotopic (exact) mass is 501 g/mol. The van der Waals surface area contributed by atoms with Crippen molar-refractivity contribution >= 4 is 31.9 Å². The van der Waals surface area contributed by atoms with Crippen LogP contribution in [0.1, 0.15) is 16.8 Å². The Kier molecular flexibility index (Phi) is 6.66. The summed E-state index contributed by atoms with van der Waals surface area (Å²) in [7, 11) is -7.55. The van der Waals surface area contributed by atoms with Crippen LogP contribution in [-0.2, 0) is 33.0 Å². The largest absolute Gasteiger partial charge is 0.335 e. The van der Waals surface area contributed by atoms with Crippen LogP contribution in [0.2, 0.25) is 0 Å². The van der Waals surface area contributed by atoms with Crippen LogP contribution in [0.15, 0.2) is 76.5 Å². The van der Waals surface area contributed by atoms with Gasteiger partial charge in [-0.1, -0.05) is 42.0 Å². The van der Waals surface area contributed by atoms with Gasteiger partial charge in [-0.2, -0.15) is 4.31 Å². The molecule has 0 radical (unpaired) electrons. The summed E-state index contributed by atoms with van der Waals surface area (Å²) in [5.74, 6) is 0.213. The molecule has 0 unspecified atom stereocenters. The number of urea groups is 1. The molecule has 0 aliphatic carbocycles. The zero-order valence-corrected chi connectivity index (χ0v) is 19.9. The molecule has 1 aliphatic rings. The van der Waals surface area contributed by atoms with Gasteiger partial charge in [0.15, 0.2) is 0 Å². The van der Waals surface area contributed by atoms with Crippen molar-refractivity contribution in [3.8, 4) is 0 Å². The van der Waals surface area contributed by atoms with Crippen molar-refractivity contribution in [2.24, 2.45) is 0 Å². The standard InChI is InChI=1S/C22H23N5O5S2/c1-16-7-10-19(11-8-16)34(31,32)27-14-13-20-17(15-27)9-12-21(23-20)24-22(28)25-26-33(29,30)18-5-3-2-4-6-18/h2-12,26H,13-15H2,1H3,(H2,23,24,25,28). The molecule has 2 heterocycles. The van der Waals surface area contributed by atoms with Crippen LogP contribution >= 0.6 is 0 Å². The summed E-state index contributed by atoms with van der Waals surface area (Å²) in [4.78, 5) is 18.8. The van der Waals surface area contributed by atoms with E-state index >= 15 is 0 Å². The maximum absolute atomic E-state index is 13.0. The van der Waals surface area contributed by atoms with E-state index in [9.17, 15) is 21.6 Å². The van der Waals surface area contributed by atoms with Gasteiger partial charge < -0.3 is 0 Å². The van der Waals surface area contributed by atoms with Crippen LogP contribution in [0.5, 0.6) is 0 Å². The topological polar surface area (TPSA) is 138 Å². The summed E-state index contributed by atoms with van der Waals surface area (Å²) in [5.41, 5.74) is 4.46. The molecule has 2 amide bonds. The molecule has 1 aliphatic heterocycles. The van der Waals surface area contributed by atoms with Crippen LogP contribution in [-0.4, -0.2) is 38.7 Å². The van der Waals surface area contributed by atoms with Crippen molar-refractivity contribution < 1.29 is 21.6 Å². The second kappa shape index (κ2) is 9.50. The number of amides is 2. The quantitative estimate of drug-likeness (QED) is 0.443. The number of hydrazine groups is 1. The lowest BCUT2D eigenvalue weighted by atomic mass is 10.1. The second-order valence-corrected chi connectivity index (χ2v) is 11.3. The van der Waals surface area contributed by atoms with E-state index in [1.54, 1.807) is 48.5 Å². The molecule has 3 aromatic rings. The van der Waals surface area contributed by atoms with E-state index in [0.717, 1.165) is 11.1 Å². The number of carbonyl (C=O) groups is 1. The first-order valence-electron chi connectivity index (χ1n) is 10.3. The Hall–Kier alpha value is -3.32. The minimum absolute atomic E-state index is 0.00681. The number of anilines is 1. The van der Waals surface area contributed by atoms with Crippen molar-refractivity contribution in [1.82, 2.24) is 19.5 Å². The van der Waals surface area contributed by atoms with Gasteiger partial charge in [0.25, 0.3) is 10.0 Å². The summed E-state index contributed by atoms with van der Waals surface area (Å²) in [5, 5.41) is 2.47. The number of nitrogens with one attached hydrogen (secondary N) is 3. The minimum atomic E-state index is -3.91. The van der Waals surface area contributed by atoms with Gasteiger partial charge in [0.05, 0.1) is 9.79 Å². The molecule has 0 saturated heterocycles. The lowest BCUT2D eigenvalue weighted by Gasteiger charge is -2.27. The average Bonchev–Trinajstić information content (AvgIpc) is 2.83. The summed E-state index contributed by atoms with van der Waals surface area (Å²) < 4.78 is 51.7. The van der Waals surface area contributed by atoms with Gasteiger partial charge in [-0.3, -0.25) is 10.7 Å². The third-order valence-electron chi connectivity index (χ3n) is 5.27. The molecule has 3 N–H and O–H groups in total. The molecule has 0 fully saturated rings. The number of carbonyl (C=O) groups excluding carboxylic acids is 1. The summed E-state index contributed by atoms with van der Waals surface area (Å²) in [6, 6.07) is 16.7. The fourth-order valence-electron chi connectivity index (χ4n) is 3.44. The van der Waals surface area contributed by atoms with E-state index < -0.39 is 26.1 Å². The van der Waals surface area contributed by atoms with E-state index in [1.165, 1.54) is 22.5 Å². The number of aryl methyl sites for hydroxylation is 1. The predicted molar refractivity (Wildman–Crippen MR) is 126 cm³/mol. The van der Waals surface area contributed by atoms with Crippen LogP contribution < -0.4 is 15.6 Å². The Morgan fingerprint density at radius 2 is 1.62 bits per heavy atom. The first-order chi connectivity index (χ1) is 16.1. The second-order valence-electron chi connectivity index (χ2n) is 7.70. The zero-order valence-electron chi connectivity index (χ0n) is 18.2. The van der Waals surface area contributed by atoms with E-state index in [4.69, 9.17) is 0 Å². The number of hydrogen-bond acceptors (Lipinski definition) is 6. The molecule has 2 aromatic carbocycles. The molecular weight excluding hydrogens is 478 g/mol. The van der Waals surface area contributed by atoms with E-state index in [1.807, 2.05) is 11.8 Å². The smallest absolute Gasteiger partial charge is 0.291 e. The number of fused-ring (bicyclic) bond motifs is 1. The molecule has 10 nitrogen and oxygen atoms in total. The van der Waals surface area contributed by atoms with Gasteiger partial charge in [0.2, 0.25) is 10.0 Å². The molecule has 0 spiro atoms. The fraction of sp³-hybridized carbons (Fsp3) is 0.182. The number of sulfonamides is 2. The van der Waals surface area contributed by atoms with Gasteiger partial charge in [-0.25, -0.2) is 26.6 Å². The lowest BCUT2D eigenvalue weighted by Crippen LogP contribution is -2.44. The molecule has 0 bridgehead atoms. The Morgan fingerprint density at radius 1 is 0.912 bits per heavy atom. The van der Waals surface area contributed by atoms with E-state index in [-0.39, 0.29) is 28.7 Å². The Balaban J connectivity index is 1.39. The third-order valence-corrected chi connectivity index (χ3v) is 8.39. The van der Waals surface area contributed by atoms with Gasteiger partial charge in [0.1, 0.15) is 5.82 Å². The predicted octanol–water partition coefficient (Wildman–Crippen LogP) is 2.15. The van der Waals surface area contributed by atoms with Gasteiger partial charge in [-0.05, 0) is 42.8 Å². The van der Waals surface area contributed by atoms with E-state index in [0.29, 0.717) is 12.1 Å². The van der Waals surface area contributed by atoms with E-state index in [2.05, 4.69) is 15.7 Å². The van der Waals surface area contributed by atoms with Crippen LogP contribution in [0.4, 0.5) is 10.6 Å². The molecule has 12 heteroatoms. The highest BCUT2D eigenvalue weighted by atomic mass is 32.2. The maximum atomic E-state index is 13.0. The average molecular weight is 502 g/mol. The summed E-state index contributed by atoms with van der Waals surface area (Å²) in [6.07, 6.45) is 0.373. The molecule has 178 valence electrons. The molecular formula is C22H23N5O5S2. The number of nitrogens with zero attached hydrogens (tertiary/aromatic N) is 2. The fourth-order valence-corrected chi connectivity index (χ4v) is 5.72. The van der Waals surface area contributed by atoms with Gasteiger partial charge >= 0.3 is 6.03 Å². The Bertz CT molecular complexity index is 1410. The third kappa shape index (κ3) is 5.25. The Labute approximate surface area is 198 Å². The first-order valence-corrected chi connectivity index (χ1v) is 13.3. The van der Waals surface area contributed by atoms with Crippen LogP contribution in [0.25, 0.3) is 0 Å². The Morgan fingerprint density at radius 3 is 2.32 bits per heavy atom. The van der Waals surface area contributed by atoms with Crippen LogP contribution in [0, 0.1) is 6.92 Å². The normalized spacial score (nSPS) is 14.3. The minimum Gasteiger partial charge on any atom is -0.291 e. The SMILES string of the molecule is Cc1ccc(S(=O)(=O)N2CCc3nc(NC(=O)NNS(=O)(=O)c4ccccc4)ccc3C2)cc1. The molecule has 0 saturated carbocycles. The first kappa shape index (κ1) is 23.8. The molecule has 4 rings (SSSR count). The number of rotatable bonds is 6. The summed E-state index contributed by atoms with van der Waals surface area (Å²) >= 11 is 0. The highest BCUT2D eigenvalue weighted by molar-refractivity contribution is 7.89. The molecule has 34 heavy (non-hydrogen) atoms.